The van der Waals surface area contributed by atoms with Gasteiger partial charge in [-0.05, 0) is 35.9 Å². The van der Waals surface area contributed by atoms with E-state index < -0.39 is 5.97 Å². The Morgan fingerprint density at radius 3 is 2.23 bits per heavy atom. The summed E-state index contributed by atoms with van der Waals surface area (Å²) < 4.78 is 26.6. The van der Waals surface area contributed by atoms with E-state index in [-0.39, 0.29) is 6.61 Å². The zero-order chi connectivity index (χ0) is 18.7. The highest BCUT2D eigenvalue weighted by Gasteiger charge is 2.26. The molecule has 0 saturated carbocycles. The molecule has 0 atom stereocenters. The van der Waals surface area contributed by atoms with E-state index in [1.807, 2.05) is 12.1 Å². The molecular weight excluding hydrogens is 336 g/mol. The van der Waals surface area contributed by atoms with Gasteiger partial charge in [-0.15, -0.1) is 0 Å². The maximum absolute atomic E-state index is 12.4. The predicted octanol–water partition coefficient (Wildman–Crippen LogP) is 3.32. The Bertz CT molecular complexity index is 869. The monoisotopic (exact) mass is 356 g/mol. The number of carbonyl (C=O) groups excluding carboxylic acids is 1. The number of carbonyl (C=O) groups is 1. The summed E-state index contributed by atoms with van der Waals surface area (Å²) in [5, 5.41) is 0. The number of fused-ring (bicyclic) bond motifs is 1. The van der Waals surface area contributed by atoms with E-state index >= 15 is 0 Å². The molecule has 0 spiro atoms. The molecule has 0 fully saturated rings. The second-order valence-electron chi connectivity index (χ2n) is 5.61. The molecule has 0 saturated heterocycles. The molecule has 0 amide bonds. The van der Waals surface area contributed by atoms with Gasteiger partial charge in [0.25, 0.3) is 0 Å². The molecule has 1 aliphatic rings. The molecule has 136 valence electrons. The first-order chi connectivity index (χ1) is 12.6. The smallest absolute Gasteiger partial charge is 0.339 e. The van der Waals surface area contributed by atoms with Gasteiger partial charge in [0.2, 0.25) is 0 Å². The number of hydrogen-bond acceptors (Lipinski definition) is 6. The van der Waals surface area contributed by atoms with Crippen LogP contribution in [-0.2, 0) is 16.1 Å². The second-order valence-corrected chi connectivity index (χ2v) is 5.61. The Labute approximate surface area is 151 Å². The first-order valence-corrected chi connectivity index (χ1v) is 7.97. The molecule has 0 aromatic heterocycles. The Morgan fingerprint density at radius 2 is 1.58 bits per heavy atom. The Kier molecular flexibility index (Phi) is 5.02. The van der Waals surface area contributed by atoms with E-state index in [0.717, 1.165) is 16.7 Å². The number of benzene rings is 2. The number of hydrogen-bond donors (Lipinski definition) is 0. The molecule has 0 unspecified atom stereocenters. The van der Waals surface area contributed by atoms with Gasteiger partial charge in [0.15, 0.2) is 11.5 Å². The van der Waals surface area contributed by atoms with Crippen LogP contribution in [0.4, 0.5) is 0 Å². The first kappa shape index (κ1) is 17.7. The van der Waals surface area contributed by atoms with Crippen molar-refractivity contribution in [2.75, 3.05) is 28.4 Å². The topological polar surface area (TPSA) is 63.2 Å². The van der Waals surface area contributed by atoms with Gasteiger partial charge in [-0.25, -0.2) is 4.79 Å². The Balaban J connectivity index is 2.14. The SMILES string of the molecule is COc1ccc(C=C2C(=O)OCc3cc(OC)c(OC)cc32)c(OC)c1. The Hall–Kier alpha value is -3.15. The van der Waals surface area contributed by atoms with Crippen LogP contribution in [0, 0.1) is 0 Å². The summed E-state index contributed by atoms with van der Waals surface area (Å²) >= 11 is 0. The van der Waals surface area contributed by atoms with Crippen molar-refractivity contribution >= 4 is 17.6 Å². The molecular formula is C20H20O6. The van der Waals surface area contributed by atoms with Crippen molar-refractivity contribution in [2.45, 2.75) is 6.61 Å². The molecule has 1 aliphatic heterocycles. The third kappa shape index (κ3) is 3.18. The number of rotatable bonds is 5. The highest BCUT2D eigenvalue weighted by atomic mass is 16.5. The van der Waals surface area contributed by atoms with Crippen molar-refractivity contribution in [3.63, 3.8) is 0 Å². The van der Waals surface area contributed by atoms with E-state index in [2.05, 4.69) is 0 Å². The van der Waals surface area contributed by atoms with E-state index in [0.29, 0.717) is 28.6 Å². The van der Waals surface area contributed by atoms with Crippen LogP contribution >= 0.6 is 0 Å². The predicted molar refractivity (Wildman–Crippen MR) is 96.8 cm³/mol. The van der Waals surface area contributed by atoms with Crippen molar-refractivity contribution in [1.82, 2.24) is 0 Å². The third-order valence-corrected chi connectivity index (χ3v) is 4.22. The molecule has 6 heteroatoms. The molecule has 6 nitrogen and oxygen atoms in total. The highest BCUT2D eigenvalue weighted by Crippen LogP contribution is 2.38. The van der Waals surface area contributed by atoms with Gasteiger partial charge in [0.05, 0.1) is 34.0 Å². The summed E-state index contributed by atoms with van der Waals surface area (Å²) in [5.41, 5.74) is 2.76. The van der Waals surface area contributed by atoms with E-state index in [4.69, 9.17) is 23.7 Å². The lowest BCUT2D eigenvalue weighted by Gasteiger charge is -2.21. The largest absolute Gasteiger partial charge is 0.497 e. The summed E-state index contributed by atoms with van der Waals surface area (Å²) in [5.74, 6) is 2.00. The normalized spacial score (nSPS) is 14.5. The second kappa shape index (κ2) is 7.39. The van der Waals surface area contributed by atoms with Crippen molar-refractivity contribution in [1.29, 1.82) is 0 Å². The van der Waals surface area contributed by atoms with Crippen LogP contribution in [0.5, 0.6) is 23.0 Å². The Morgan fingerprint density at radius 1 is 0.885 bits per heavy atom. The van der Waals surface area contributed by atoms with Gasteiger partial charge in [0, 0.05) is 17.2 Å². The molecule has 0 aliphatic carbocycles. The lowest BCUT2D eigenvalue weighted by molar-refractivity contribution is -0.138. The molecule has 0 N–H and O–H groups in total. The third-order valence-electron chi connectivity index (χ3n) is 4.22. The minimum Gasteiger partial charge on any atom is -0.497 e. The molecule has 2 aromatic rings. The van der Waals surface area contributed by atoms with E-state index in [1.165, 1.54) is 0 Å². The lowest BCUT2D eigenvalue weighted by atomic mass is 9.95. The number of esters is 1. The van der Waals surface area contributed by atoms with Gasteiger partial charge in [0.1, 0.15) is 18.1 Å². The maximum atomic E-state index is 12.4. The molecule has 26 heavy (non-hydrogen) atoms. The summed E-state index contributed by atoms with van der Waals surface area (Å²) in [7, 11) is 6.28. The van der Waals surface area contributed by atoms with Gasteiger partial charge in [-0.2, -0.15) is 0 Å². The summed E-state index contributed by atoms with van der Waals surface area (Å²) in [4.78, 5) is 12.4. The molecule has 0 bridgehead atoms. The van der Waals surface area contributed by atoms with Crippen LogP contribution in [0.2, 0.25) is 0 Å². The van der Waals surface area contributed by atoms with Crippen LogP contribution in [0.15, 0.2) is 30.3 Å². The summed E-state index contributed by atoms with van der Waals surface area (Å²) in [6.07, 6.45) is 1.74. The van der Waals surface area contributed by atoms with Gasteiger partial charge < -0.3 is 23.7 Å². The van der Waals surface area contributed by atoms with Crippen LogP contribution in [-0.4, -0.2) is 34.4 Å². The fraction of sp³-hybridized carbons (Fsp3) is 0.250. The average Bonchev–Trinajstić information content (AvgIpc) is 2.69. The minimum absolute atomic E-state index is 0.186. The lowest BCUT2D eigenvalue weighted by Crippen LogP contribution is -2.16. The van der Waals surface area contributed by atoms with Gasteiger partial charge >= 0.3 is 5.97 Å². The van der Waals surface area contributed by atoms with Crippen molar-refractivity contribution < 1.29 is 28.5 Å². The van der Waals surface area contributed by atoms with E-state index in [9.17, 15) is 4.79 Å². The number of ether oxygens (including phenoxy) is 5. The standard InChI is InChI=1S/C20H20O6/c1-22-14-6-5-12(17(9-14)23-2)7-16-15-10-19(25-4)18(24-3)8-13(15)11-26-20(16)21/h5-10H,11H2,1-4H3. The molecule has 2 aromatic carbocycles. The molecule has 3 rings (SSSR count). The minimum atomic E-state index is -0.400. The van der Waals surface area contributed by atoms with Crippen LogP contribution in [0.25, 0.3) is 11.6 Å². The number of methoxy groups -OCH3 is 4. The zero-order valence-corrected chi connectivity index (χ0v) is 15.1. The van der Waals surface area contributed by atoms with Gasteiger partial charge in [-0.1, -0.05) is 0 Å². The summed E-state index contributed by atoms with van der Waals surface area (Å²) in [6.45, 7) is 0.186. The van der Waals surface area contributed by atoms with Crippen LogP contribution in [0.3, 0.4) is 0 Å². The quantitative estimate of drug-likeness (QED) is 0.605. The van der Waals surface area contributed by atoms with Crippen LogP contribution in [0.1, 0.15) is 16.7 Å². The van der Waals surface area contributed by atoms with Crippen LogP contribution < -0.4 is 18.9 Å². The zero-order valence-electron chi connectivity index (χ0n) is 15.1. The first-order valence-electron chi connectivity index (χ1n) is 7.97. The molecule has 1 heterocycles. The van der Waals surface area contributed by atoms with Crippen molar-refractivity contribution in [2.24, 2.45) is 0 Å². The number of cyclic esters (lactones) is 1. The van der Waals surface area contributed by atoms with E-state index in [1.54, 1.807) is 52.7 Å². The fourth-order valence-corrected chi connectivity index (χ4v) is 2.85. The maximum Gasteiger partial charge on any atom is 0.339 e. The average molecular weight is 356 g/mol. The summed E-state index contributed by atoms with van der Waals surface area (Å²) in [6, 6.07) is 9.00. The highest BCUT2D eigenvalue weighted by molar-refractivity contribution is 6.23. The fourth-order valence-electron chi connectivity index (χ4n) is 2.85. The van der Waals surface area contributed by atoms with Crippen molar-refractivity contribution in [3.05, 3.63) is 47.0 Å². The molecule has 0 radical (unpaired) electrons. The van der Waals surface area contributed by atoms with Gasteiger partial charge in [-0.3, -0.25) is 0 Å². The van der Waals surface area contributed by atoms with Crippen molar-refractivity contribution in [3.8, 4) is 23.0 Å².